The predicted octanol–water partition coefficient (Wildman–Crippen LogP) is 3.08. The van der Waals surface area contributed by atoms with Crippen LogP contribution in [0.3, 0.4) is 0 Å². The lowest BCUT2D eigenvalue weighted by molar-refractivity contribution is 0.101. The van der Waals surface area contributed by atoms with Crippen molar-refractivity contribution >= 4 is 17.4 Å². The molecule has 0 saturated carbocycles. The highest BCUT2D eigenvalue weighted by Crippen LogP contribution is 2.27. The van der Waals surface area contributed by atoms with Gasteiger partial charge in [0.15, 0.2) is 17.3 Å². The Labute approximate surface area is 86.6 Å². The number of rotatable bonds is 3. The van der Waals surface area contributed by atoms with Crippen molar-refractivity contribution < 1.29 is 13.9 Å². The summed E-state index contributed by atoms with van der Waals surface area (Å²) in [6.07, 6.45) is 0. The largest absolute Gasteiger partial charge is 0.490 e. The summed E-state index contributed by atoms with van der Waals surface area (Å²) >= 11 is 5.62. The summed E-state index contributed by atoms with van der Waals surface area (Å²) in [7, 11) is 0. The molecule has 0 aliphatic carbocycles. The van der Waals surface area contributed by atoms with Crippen LogP contribution in [0.15, 0.2) is 12.1 Å². The second-order valence-electron chi connectivity index (χ2n) is 2.75. The lowest BCUT2D eigenvalue weighted by atomic mass is 10.1. The number of halogens is 2. The minimum Gasteiger partial charge on any atom is -0.490 e. The molecule has 0 spiro atoms. The Balaban J connectivity index is 3.28. The molecule has 4 heteroatoms. The first-order valence-corrected chi connectivity index (χ1v) is 4.56. The van der Waals surface area contributed by atoms with Crippen molar-refractivity contribution in [2.24, 2.45) is 0 Å². The van der Waals surface area contributed by atoms with Crippen molar-refractivity contribution in [1.29, 1.82) is 0 Å². The summed E-state index contributed by atoms with van der Waals surface area (Å²) < 4.78 is 18.3. The van der Waals surface area contributed by atoms with Gasteiger partial charge in [0.05, 0.1) is 12.2 Å². The molecule has 0 heterocycles. The molecule has 0 atom stereocenters. The lowest BCUT2D eigenvalue weighted by Crippen LogP contribution is -2.03. The molecule has 1 rings (SSSR count). The van der Waals surface area contributed by atoms with Crippen LogP contribution in [0.1, 0.15) is 24.2 Å². The number of carbonyl (C=O) groups excluding carboxylic acids is 1. The molecule has 0 bridgehead atoms. The first-order chi connectivity index (χ1) is 6.56. The van der Waals surface area contributed by atoms with Crippen LogP contribution in [0.25, 0.3) is 0 Å². The summed E-state index contributed by atoms with van der Waals surface area (Å²) in [5.74, 6) is -0.899. The molecule has 0 aliphatic heterocycles. The van der Waals surface area contributed by atoms with Crippen LogP contribution >= 0.6 is 11.6 Å². The molecule has 0 fully saturated rings. The van der Waals surface area contributed by atoms with Crippen LogP contribution in [0.4, 0.5) is 4.39 Å². The van der Waals surface area contributed by atoms with Crippen LogP contribution in [-0.2, 0) is 0 Å². The Morgan fingerprint density at radius 2 is 2.21 bits per heavy atom. The van der Waals surface area contributed by atoms with Crippen LogP contribution in [0.5, 0.6) is 5.75 Å². The first kappa shape index (κ1) is 11.0. The fourth-order valence-electron chi connectivity index (χ4n) is 1.11. The van der Waals surface area contributed by atoms with E-state index in [1.54, 1.807) is 6.92 Å². The van der Waals surface area contributed by atoms with Gasteiger partial charge in [0, 0.05) is 5.02 Å². The Morgan fingerprint density at radius 3 is 2.71 bits per heavy atom. The minimum absolute atomic E-state index is 0.0237. The number of hydrogen-bond donors (Lipinski definition) is 0. The Kier molecular flexibility index (Phi) is 3.47. The molecule has 14 heavy (non-hydrogen) atoms. The number of ether oxygens (including phenoxy) is 1. The van der Waals surface area contributed by atoms with E-state index >= 15 is 0 Å². The number of ketones is 1. The Bertz CT molecular complexity index is 363. The van der Waals surface area contributed by atoms with E-state index in [1.807, 2.05) is 0 Å². The number of Topliss-reactive ketones (excluding diaryl/α,β-unsaturated/α-hetero) is 1. The molecular formula is C10H10ClFO2. The van der Waals surface area contributed by atoms with Crippen molar-refractivity contribution in [3.05, 3.63) is 28.5 Å². The highest BCUT2D eigenvalue weighted by Gasteiger charge is 2.14. The van der Waals surface area contributed by atoms with Gasteiger partial charge in [0.2, 0.25) is 0 Å². The van der Waals surface area contributed by atoms with Gasteiger partial charge in [-0.05, 0) is 26.0 Å². The third-order valence-electron chi connectivity index (χ3n) is 1.68. The van der Waals surface area contributed by atoms with Gasteiger partial charge in [-0.1, -0.05) is 11.6 Å². The van der Waals surface area contributed by atoms with Gasteiger partial charge in [-0.15, -0.1) is 0 Å². The zero-order valence-corrected chi connectivity index (χ0v) is 8.69. The van der Waals surface area contributed by atoms with E-state index in [0.717, 1.165) is 6.07 Å². The summed E-state index contributed by atoms with van der Waals surface area (Å²) in [4.78, 5) is 11.1. The van der Waals surface area contributed by atoms with E-state index in [-0.39, 0.29) is 22.1 Å². The van der Waals surface area contributed by atoms with E-state index in [2.05, 4.69) is 0 Å². The third-order valence-corrected chi connectivity index (χ3v) is 1.89. The van der Waals surface area contributed by atoms with Crippen LogP contribution in [0.2, 0.25) is 5.02 Å². The van der Waals surface area contributed by atoms with Crippen molar-refractivity contribution in [3.63, 3.8) is 0 Å². The standard InChI is InChI=1S/C10H10ClFO2/c1-3-14-10-8(6(2)13)4-7(11)5-9(10)12/h4-5H,3H2,1-2H3. The minimum atomic E-state index is -0.607. The fraction of sp³-hybridized carbons (Fsp3) is 0.300. The molecule has 0 radical (unpaired) electrons. The van der Waals surface area contributed by atoms with Crippen molar-refractivity contribution in [1.82, 2.24) is 0 Å². The summed E-state index contributed by atoms with van der Waals surface area (Å²) in [6, 6.07) is 2.52. The molecule has 1 aromatic carbocycles. The second-order valence-corrected chi connectivity index (χ2v) is 3.19. The highest BCUT2D eigenvalue weighted by molar-refractivity contribution is 6.31. The third kappa shape index (κ3) is 2.23. The molecular weight excluding hydrogens is 207 g/mol. The number of carbonyl (C=O) groups is 1. The fourth-order valence-corrected chi connectivity index (χ4v) is 1.32. The van der Waals surface area contributed by atoms with Crippen LogP contribution < -0.4 is 4.74 Å². The van der Waals surface area contributed by atoms with Crippen molar-refractivity contribution in [2.45, 2.75) is 13.8 Å². The van der Waals surface area contributed by atoms with Gasteiger partial charge in [-0.25, -0.2) is 4.39 Å². The predicted molar refractivity (Wildman–Crippen MR) is 52.6 cm³/mol. The van der Waals surface area contributed by atoms with Gasteiger partial charge in [-0.3, -0.25) is 4.79 Å². The van der Waals surface area contributed by atoms with E-state index in [1.165, 1.54) is 13.0 Å². The van der Waals surface area contributed by atoms with Crippen LogP contribution in [0, 0.1) is 5.82 Å². The average molecular weight is 217 g/mol. The smallest absolute Gasteiger partial charge is 0.167 e. The molecule has 1 aromatic rings. The van der Waals surface area contributed by atoms with Gasteiger partial charge in [0.25, 0.3) is 0 Å². The number of hydrogen-bond acceptors (Lipinski definition) is 2. The van der Waals surface area contributed by atoms with E-state index < -0.39 is 5.82 Å². The molecule has 0 N–H and O–H groups in total. The molecule has 0 aromatic heterocycles. The average Bonchev–Trinajstić information content (AvgIpc) is 2.09. The zero-order chi connectivity index (χ0) is 10.7. The molecule has 76 valence electrons. The summed E-state index contributed by atoms with van der Waals surface area (Å²) in [6.45, 7) is 3.37. The maximum absolute atomic E-state index is 13.3. The van der Waals surface area contributed by atoms with Gasteiger partial charge in [0.1, 0.15) is 0 Å². The number of benzene rings is 1. The van der Waals surface area contributed by atoms with Crippen molar-refractivity contribution in [2.75, 3.05) is 6.61 Å². The van der Waals surface area contributed by atoms with E-state index in [9.17, 15) is 9.18 Å². The molecule has 0 amide bonds. The van der Waals surface area contributed by atoms with Crippen molar-refractivity contribution in [3.8, 4) is 5.75 Å². The maximum Gasteiger partial charge on any atom is 0.167 e. The Hall–Kier alpha value is -1.09. The SMILES string of the molecule is CCOc1c(F)cc(Cl)cc1C(C)=O. The lowest BCUT2D eigenvalue weighted by Gasteiger charge is -2.09. The molecule has 0 unspecified atom stereocenters. The monoisotopic (exact) mass is 216 g/mol. The van der Waals surface area contributed by atoms with Gasteiger partial charge < -0.3 is 4.74 Å². The Morgan fingerprint density at radius 1 is 1.57 bits per heavy atom. The molecule has 0 aliphatic rings. The van der Waals surface area contributed by atoms with Gasteiger partial charge >= 0.3 is 0 Å². The summed E-state index contributed by atoms with van der Waals surface area (Å²) in [5, 5.41) is 0.191. The van der Waals surface area contributed by atoms with E-state index in [0.29, 0.717) is 6.61 Å². The van der Waals surface area contributed by atoms with Crippen LogP contribution in [-0.4, -0.2) is 12.4 Å². The maximum atomic E-state index is 13.3. The summed E-state index contributed by atoms with van der Waals surface area (Å²) in [5.41, 5.74) is 0.178. The topological polar surface area (TPSA) is 26.3 Å². The highest BCUT2D eigenvalue weighted by atomic mass is 35.5. The molecule has 0 saturated heterocycles. The zero-order valence-electron chi connectivity index (χ0n) is 7.93. The molecule has 2 nitrogen and oxygen atoms in total. The normalized spacial score (nSPS) is 10.0. The first-order valence-electron chi connectivity index (χ1n) is 4.19. The van der Waals surface area contributed by atoms with E-state index in [4.69, 9.17) is 16.3 Å². The second kappa shape index (κ2) is 4.42. The quantitative estimate of drug-likeness (QED) is 0.726. The van der Waals surface area contributed by atoms with Gasteiger partial charge in [-0.2, -0.15) is 0 Å².